The number of aromatic nitrogens is 1. The molecule has 1 amide bonds. The van der Waals surface area contributed by atoms with E-state index in [1.807, 2.05) is 31.2 Å². The van der Waals surface area contributed by atoms with E-state index in [1.54, 1.807) is 24.5 Å². The Morgan fingerprint density at radius 1 is 1.18 bits per heavy atom. The van der Waals surface area contributed by atoms with E-state index in [0.717, 1.165) is 12.3 Å². The molecule has 116 valence electrons. The molecule has 0 atom stereocenters. The summed E-state index contributed by atoms with van der Waals surface area (Å²) in [5.41, 5.74) is 1.76. The second-order valence-corrected chi connectivity index (χ2v) is 4.75. The second-order valence-electron chi connectivity index (χ2n) is 4.75. The van der Waals surface area contributed by atoms with Crippen LogP contribution in [-0.2, 0) is 6.54 Å². The molecule has 0 bridgehead atoms. The highest BCUT2D eigenvalue weighted by Crippen LogP contribution is 2.11. The van der Waals surface area contributed by atoms with Crippen molar-refractivity contribution in [2.75, 3.05) is 19.7 Å². The SMILES string of the molecule is CCOc1ccc(CNCCNC(=O)c2cccnc2)cc1. The highest BCUT2D eigenvalue weighted by molar-refractivity contribution is 5.93. The first kappa shape index (κ1) is 16.0. The van der Waals surface area contributed by atoms with Gasteiger partial charge in [0.2, 0.25) is 0 Å². The molecule has 5 heteroatoms. The van der Waals surface area contributed by atoms with Gasteiger partial charge < -0.3 is 15.4 Å². The molecule has 22 heavy (non-hydrogen) atoms. The molecular formula is C17H21N3O2. The highest BCUT2D eigenvalue weighted by Gasteiger charge is 2.03. The van der Waals surface area contributed by atoms with Gasteiger partial charge in [-0.1, -0.05) is 12.1 Å². The summed E-state index contributed by atoms with van der Waals surface area (Å²) in [5.74, 6) is 0.783. The standard InChI is InChI=1S/C17H21N3O2/c1-2-22-16-7-5-14(6-8-16)12-19-10-11-20-17(21)15-4-3-9-18-13-15/h3-9,13,19H,2,10-12H2,1H3,(H,20,21). The molecule has 1 aromatic carbocycles. The van der Waals surface area contributed by atoms with Crippen molar-refractivity contribution >= 4 is 5.91 Å². The van der Waals surface area contributed by atoms with Gasteiger partial charge >= 0.3 is 0 Å². The van der Waals surface area contributed by atoms with Crippen molar-refractivity contribution in [2.24, 2.45) is 0 Å². The first-order chi connectivity index (χ1) is 10.8. The van der Waals surface area contributed by atoms with Gasteiger partial charge in [0.25, 0.3) is 5.91 Å². The van der Waals surface area contributed by atoms with Crippen molar-refractivity contribution in [1.29, 1.82) is 0 Å². The lowest BCUT2D eigenvalue weighted by atomic mass is 10.2. The number of amides is 1. The smallest absolute Gasteiger partial charge is 0.252 e. The summed E-state index contributed by atoms with van der Waals surface area (Å²) in [4.78, 5) is 15.7. The minimum absolute atomic E-state index is 0.101. The van der Waals surface area contributed by atoms with E-state index in [1.165, 1.54) is 5.56 Å². The molecule has 0 saturated heterocycles. The number of carbonyl (C=O) groups is 1. The zero-order valence-corrected chi connectivity index (χ0v) is 12.7. The minimum atomic E-state index is -0.101. The van der Waals surface area contributed by atoms with Crippen molar-refractivity contribution in [1.82, 2.24) is 15.6 Å². The fraction of sp³-hybridized carbons (Fsp3) is 0.294. The molecule has 2 aromatic rings. The molecule has 1 aromatic heterocycles. The van der Waals surface area contributed by atoms with Gasteiger partial charge in [-0.15, -0.1) is 0 Å². The molecule has 0 aliphatic heterocycles. The van der Waals surface area contributed by atoms with E-state index in [4.69, 9.17) is 4.74 Å². The average Bonchev–Trinajstić information content (AvgIpc) is 2.57. The Morgan fingerprint density at radius 2 is 2.00 bits per heavy atom. The Kier molecular flexibility index (Phi) is 6.39. The Bertz CT molecular complexity index is 570. The molecule has 0 aliphatic carbocycles. The molecule has 0 fully saturated rings. The van der Waals surface area contributed by atoms with Gasteiger partial charge in [0.15, 0.2) is 0 Å². The maximum absolute atomic E-state index is 11.8. The first-order valence-electron chi connectivity index (χ1n) is 7.40. The fourth-order valence-electron chi connectivity index (χ4n) is 1.97. The van der Waals surface area contributed by atoms with Crippen LogP contribution in [0.1, 0.15) is 22.8 Å². The van der Waals surface area contributed by atoms with E-state index in [9.17, 15) is 4.79 Å². The normalized spacial score (nSPS) is 10.2. The van der Waals surface area contributed by atoms with Crippen molar-refractivity contribution in [2.45, 2.75) is 13.5 Å². The molecular weight excluding hydrogens is 278 g/mol. The second kappa shape index (κ2) is 8.79. The number of hydrogen-bond donors (Lipinski definition) is 2. The predicted molar refractivity (Wildman–Crippen MR) is 85.9 cm³/mol. The van der Waals surface area contributed by atoms with Gasteiger partial charge in [0.1, 0.15) is 5.75 Å². The van der Waals surface area contributed by atoms with Crippen LogP contribution in [0.25, 0.3) is 0 Å². The van der Waals surface area contributed by atoms with Gasteiger partial charge in [-0.05, 0) is 36.8 Å². The number of carbonyl (C=O) groups excluding carboxylic acids is 1. The lowest BCUT2D eigenvalue weighted by Gasteiger charge is -2.08. The number of hydrogen-bond acceptors (Lipinski definition) is 4. The predicted octanol–water partition coefficient (Wildman–Crippen LogP) is 2.00. The molecule has 0 unspecified atom stereocenters. The summed E-state index contributed by atoms with van der Waals surface area (Å²) in [6, 6.07) is 11.5. The summed E-state index contributed by atoms with van der Waals surface area (Å²) in [6.45, 7) is 4.68. The number of nitrogens with one attached hydrogen (secondary N) is 2. The van der Waals surface area contributed by atoms with Crippen LogP contribution in [-0.4, -0.2) is 30.6 Å². The summed E-state index contributed by atoms with van der Waals surface area (Å²) < 4.78 is 5.40. The molecule has 1 heterocycles. The van der Waals surface area contributed by atoms with Crippen LogP contribution in [0.5, 0.6) is 5.75 Å². The highest BCUT2D eigenvalue weighted by atomic mass is 16.5. The minimum Gasteiger partial charge on any atom is -0.494 e. The maximum atomic E-state index is 11.8. The van der Waals surface area contributed by atoms with Crippen LogP contribution < -0.4 is 15.4 Å². The largest absolute Gasteiger partial charge is 0.494 e. The molecule has 5 nitrogen and oxygen atoms in total. The van der Waals surface area contributed by atoms with E-state index in [0.29, 0.717) is 25.3 Å². The monoisotopic (exact) mass is 299 g/mol. The van der Waals surface area contributed by atoms with E-state index < -0.39 is 0 Å². The van der Waals surface area contributed by atoms with Gasteiger partial charge in [-0.3, -0.25) is 9.78 Å². The zero-order valence-electron chi connectivity index (χ0n) is 12.7. The maximum Gasteiger partial charge on any atom is 0.252 e. The molecule has 2 N–H and O–H groups in total. The van der Waals surface area contributed by atoms with Crippen LogP contribution in [0.4, 0.5) is 0 Å². The fourth-order valence-corrected chi connectivity index (χ4v) is 1.97. The lowest BCUT2D eigenvalue weighted by molar-refractivity contribution is 0.0953. The number of pyridine rings is 1. The Hall–Kier alpha value is -2.40. The van der Waals surface area contributed by atoms with E-state index in [-0.39, 0.29) is 5.91 Å². The van der Waals surface area contributed by atoms with Crippen LogP contribution in [0.3, 0.4) is 0 Å². The summed E-state index contributed by atoms with van der Waals surface area (Å²) in [7, 11) is 0. The third-order valence-electron chi connectivity index (χ3n) is 3.07. The molecule has 0 aliphatic rings. The molecule has 0 radical (unpaired) electrons. The lowest BCUT2D eigenvalue weighted by Crippen LogP contribution is -2.31. The van der Waals surface area contributed by atoms with E-state index >= 15 is 0 Å². The van der Waals surface area contributed by atoms with Crippen LogP contribution in [0.15, 0.2) is 48.8 Å². The van der Waals surface area contributed by atoms with Gasteiger partial charge in [0, 0.05) is 32.0 Å². The number of ether oxygens (including phenoxy) is 1. The molecule has 0 spiro atoms. The van der Waals surface area contributed by atoms with E-state index in [2.05, 4.69) is 15.6 Å². The third-order valence-corrected chi connectivity index (χ3v) is 3.07. The van der Waals surface area contributed by atoms with Crippen molar-refractivity contribution in [3.05, 3.63) is 59.9 Å². The first-order valence-corrected chi connectivity index (χ1v) is 7.40. The Morgan fingerprint density at radius 3 is 2.68 bits per heavy atom. The summed E-state index contributed by atoms with van der Waals surface area (Å²) in [5, 5.41) is 6.14. The van der Waals surface area contributed by atoms with Crippen LogP contribution in [0.2, 0.25) is 0 Å². The quantitative estimate of drug-likeness (QED) is 0.732. The Labute approximate surface area is 130 Å². The molecule has 0 saturated carbocycles. The number of rotatable bonds is 8. The van der Waals surface area contributed by atoms with Gasteiger partial charge in [-0.25, -0.2) is 0 Å². The number of benzene rings is 1. The van der Waals surface area contributed by atoms with Crippen LogP contribution >= 0.6 is 0 Å². The van der Waals surface area contributed by atoms with Gasteiger partial charge in [-0.2, -0.15) is 0 Å². The van der Waals surface area contributed by atoms with Crippen molar-refractivity contribution in [3.8, 4) is 5.75 Å². The van der Waals surface area contributed by atoms with Gasteiger partial charge in [0.05, 0.1) is 12.2 Å². The molecule has 2 rings (SSSR count). The summed E-state index contributed by atoms with van der Waals surface area (Å²) >= 11 is 0. The van der Waals surface area contributed by atoms with Crippen molar-refractivity contribution in [3.63, 3.8) is 0 Å². The van der Waals surface area contributed by atoms with Crippen molar-refractivity contribution < 1.29 is 9.53 Å². The topological polar surface area (TPSA) is 63.2 Å². The van der Waals surface area contributed by atoms with Crippen LogP contribution in [0, 0.1) is 0 Å². The number of nitrogens with zero attached hydrogens (tertiary/aromatic N) is 1. The average molecular weight is 299 g/mol. The zero-order chi connectivity index (χ0) is 15.6. The Balaban J connectivity index is 1.64. The third kappa shape index (κ3) is 5.18. The summed E-state index contributed by atoms with van der Waals surface area (Å²) in [6.07, 6.45) is 3.21.